The summed E-state index contributed by atoms with van der Waals surface area (Å²) in [7, 11) is 0. The summed E-state index contributed by atoms with van der Waals surface area (Å²) in [5.74, 6) is -3.22. The van der Waals surface area contributed by atoms with E-state index in [2.05, 4.69) is 4.99 Å². The van der Waals surface area contributed by atoms with Crippen LogP contribution < -0.4 is 5.73 Å². The van der Waals surface area contributed by atoms with Crippen LogP contribution in [0.25, 0.3) is 0 Å². The van der Waals surface area contributed by atoms with Gasteiger partial charge in [-0.3, -0.25) is 4.79 Å². The fraction of sp³-hybridized carbons (Fsp3) is 0.125. The minimum absolute atomic E-state index is 0.0172. The molecule has 1 heterocycles. The van der Waals surface area contributed by atoms with E-state index in [1.54, 1.807) is 0 Å². The van der Waals surface area contributed by atoms with E-state index < -0.39 is 23.2 Å². The number of rotatable bonds is 3. The van der Waals surface area contributed by atoms with Crippen LogP contribution in [0.3, 0.4) is 0 Å². The van der Waals surface area contributed by atoms with E-state index in [4.69, 9.17) is 17.3 Å². The molecule has 0 bridgehead atoms. The van der Waals surface area contributed by atoms with Gasteiger partial charge in [-0.25, -0.2) is 18.2 Å². The smallest absolute Gasteiger partial charge is 0.184 e. The zero-order chi connectivity index (χ0) is 16.7. The highest BCUT2D eigenvalue weighted by Crippen LogP contribution is 2.34. The van der Waals surface area contributed by atoms with Crippen molar-refractivity contribution in [3.8, 4) is 0 Å². The van der Waals surface area contributed by atoms with Gasteiger partial charge in [0.2, 0.25) is 0 Å². The molecule has 7 heteroatoms. The lowest BCUT2D eigenvalue weighted by atomic mass is 9.96. The second-order valence-corrected chi connectivity index (χ2v) is 5.58. The van der Waals surface area contributed by atoms with Crippen molar-refractivity contribution in [3.63, 3.8) is 0 Å². The standard InChI is InChI=1S/C16H10ClF3N2O/c17-10-3-7(1-2-11(10)18)4-13(23)8-5-12(19)15(20)16-9(8)6-14(21)22-16/h1-3,5H,4,6H2,(H2,21,22). The first-order chi connectivity index (χ1) is 10.9. The minimum atomic E-state index is -1.16. The molecule has 0 unspecified atom stereocenters. The fourth-order valence-corrected chi connectivity index (χ4v) is 2.69. The highest BCUT2D eigenvalue weighted by molar-refractivity contribution is 6.30. The number of Topliss-reactive ketones (excluding diaryl/α,β-unsaturated/α-hetero) is 1. The molecule has 3 nitrogen and oxygen atoms in total. The molecule has 0 amide bonds. The summed E-state index contributed by atoms with van der Waals surface area (Å²) in [5.41, 5.74) is 6.06. The number of aliphatic imine (C=N–C) groups is 1. The Labute approximate surface area is 134 Å². The van der Waals surface area contributed by atoms with E-state index in [-0.39, 0.29) is 40.5 Å². The van der Waals surface area contributed by atoms with Crippen molar-refractivity contribution in [1.82, 2.24) is 0 Å². The largest absolute Gasteiger partial charge is 0.387 e. The molecule has 0 aromatic heterocycles. The maximum absolute atomic E-state index is 13.7. The van der Waals surface area contributed by atoms with Gasteiger partial charge in [0.1, 0.15) is 17.3 Å². The van der Waals surface area contributed by atoms with Gasteiger partial charge in [-0.2, -0.15) is 0 Å². The predicted molar refractivity (Wildman–Crippen MR) is 80.8 cm³/mol. The quantitative estimate of drug-likeness (QED) is 0.867. The summed E-state index contributed by atoms with van der Waals surface area (Å²) in [5, 5.41) is -0.113. The summed E-state index contributed by atoms with van der Waals surface area (Å²) in [6.07, 6.45) is -0.0464. The van der Waals surface area contributed by atoms with Crippen LogP contribution in [-0.2, 0) is 12.8 Å². The first-order valence-corrected chi connectivity index (χ1v) is 7.05. The third-order valence-corrected chi connectivity index (χ3v) is 3.85. The van der Waals surface area contributed by atoms with Crippen LogP contribution in [-0.4, -0.2) is 11.6 Å². The second kappa shape index (κ2) is 5.70. The van der Waals surface area contributed by atoms with Crippen LogP contribution in [0.4, 0.5) is 18.9 Å². The Bertz CT molecular complexity index is 865. The highest BCUT2D eigenvalue weighted by Gasteiger charge is 2.26. The van der Waals surface area contributed by atoms with Gasteiger partial charge in [0.25, 0.3) is 0 Å². The van der Waals surface area contributed by atoms with Gasteiger partial charge in [-0.05, 0) is 29.3 Å². The van der Waals surface area contributed by atoms with Gasteiger partial charge in [0.05, 0.1) is 5.02 Å². The zero-order valence-corrected chi connectivity index (χ0v) is 12.4. The maximum atomic E-state index is 13.7. The van der Waals surface area contributed by atoms with Crippen molar-refractivity contribution in [3.05, 3.63) is 63.4 Å². The van der Waals surface area contributed by atoms with Gasteiger partial charge in [0, 0.05) is 18.4 Å². The van der Waals surface area contributed by atoms with Crippen LogP contribution in [0, 0.1) is 17.5 Å². The van der Waals surface area contributed by atoms with Crippen molar-refractivity contribution in [2.45, 2.75) is 12.8 Å². The molecular weight excluding hydrogens is 329 g/mol. The Morgan fingerprint density at radius 2 is 1.96 bits per heavy atom. The summed E-state index contributed by atoms with van der Waals surface area (Å²) in [6.45, 7) is 0. The van der Waals surface area contributed by atoms with Crippen molar-refractivity contribution >= 4 is 28.9 Å². The molecule has 0 atom stereocenters. The number of fused-ring (bicyclic) bond motifs is 1. The number of ketones is 1. The van der Waals surface area contributed by atoms with Gasteiger partial charge in [-0.1, -0.05) is 17.7 Å². The molecule has 3 rings (SSSR count). The molecule has 1 aliphatic rings. The van der Waals surface area contributed by atoms with E-state index in [1.165, 1.54) is 12.1 Å². The molecule has 2 aromatic carbocycles. The van der Waals surface area contributed by atoms with Crippen molar-refractivity contribution in [2.75, 3.05) is 0 Å². The van der Waals surface area contributed by atoms with Gasteiger partial charge < -0.3 is 5.73 Å². The Morgan fingerprint density at radius 3 is 2.65 bits per heavy atom. The molecule has 1 aliphatic heterocycles. The van der Waals surface area contributed by atoms with Crippen LogP contribution in [0.1, 0.15) is 21.5 Å². The number of carbonyl (C=O) groups excluding carboxylic acids is 1. The number of carbonyl (C=O) groups is 1. The number of nitrogens with two attached hydrogens (primary N) is 1. The fourth-order valence-electron chi connectivity index (χ4n) is 2.49. The molecular formula is C16H10ClF3N2O. The lowest BCUT2D eigenvalue weighted by Gasteiger charge is -2.09. The molecule has 0 saturated heterocycles. The van der Waals surface area contributed by atoms with Crippen molar-refractivity contribution < 1.29 is 18.0 Å². The lowest BCUT2D eigenvalue weighted by Crippen LogP contribution is -2.13. The molecule has 0 fully saturated rings. The lowest BCUT2D eigenvalue weighted by molar-refractivity contribution is 0.0991. The number of nitrogens with zero attached hydrogens (tertiary/aromatic N) is 1. The molecule has 0 radical (unpaired) electrons. The third kappa shape index (κ3) is 2.82. The van der Waals surface area contributed by atoms with E-state index in [1.807, 2.05) is 0 Å². The minimum Gasteiger partial charge on any atom is -0.387 e. The van der Waals surface area contributed by atoms with Crippen LogP contribution >= 0.6 is 11.6 Å². The summed E-state index contributed by atoms with van der Waals surface area (Å²) < 4.78 is 40.5. The van der Waals surface area contributed by atoms with E-state index in [0.29, 0.717) is 5.56 Å². The number of benzene rings is 2. The number of amidine groups is 1. The van der Waals surface area contributed by atoms with Gasteiger partial charge >= 0.3 is 0 Å². The molecule has 2 N–H and O–H groups in total. The van der Waals surface area contributed by atoms with Crippen LogP contribution in [0.2, 0.25) is 5.02 Å². The normalized spacial score (nSPS) is 13.0. The van der Waals surface area contributed by atoms with Gasteiger partial charge in [-0.15, -0.1) is 0 Å². The Balaban J connectivity index is 1.97. The van der Waals surface area contributed by atoms with Crippen LogP contribution in [0.15, 0.2) is 29.3 Å². The zero-order valence-electron chi connectivity index (χ0n) is 11.7. The average molecular weight is 339 g/mol. The molecule has 0 aliphatic carbocycles. The van der Waals surface area contributed by atoms with Gasteiger partial charge in [0.15, 0.2) is 17.4 Å². The van der Waals surface area contributed by atoms with E-state index >= 15 is 0 Å². The molecule has 23 heavy (non-hydrogen) atoms. The number of halogens is 4. The molecule has 118 valence electrons. The average Bonchev–Trinajstić information content (AvgIpc) is 2.88. The van der Waals surface area contributed by atoms with Crippen molar-refractivity contribution in [2.24, 2.45) is 10.7 Å². The first-order valence-electron chi connectivity index (χ1n) is 6.68. The summed E-state index contributed by atoms with van der Waals surface area (Å²) >= 11 is 5.67. The van der Waals surface area contributed by atoms with Crippen molar-refractivity contribution in [1.29, 1.82) is 0 Å². The summed E-state index contributed by atoms with van der Waals surface area (Å²) in [4.78, 5) is 16.2. The van der Waals surface area contributed by atoms with Crippen LogP contribution in [0.5, 0.6) is 0 Å². The van der Waals surface area contributed by atoms with E-state index in [0.717, 1.165) is 12.1 Å². The molecule has 0 saturated carbocycles. The maximum Gasteiger partial charge on any atom is 0.184 e. The Kier molecular flexibility index (Phi) is 3.85. The summed E-state index contributed by atoms with van der Waals surface area (Å²) in [6, 6.07) is 4.71. The predicted octanol–water partition coefficient (Wildman–Crippen LogP) is 3.73. The third-order valence-electron chi connectivity index (χ3n) is 3.56. The second-order valence-electron chi connectivity index (χ2n) is 5.18. The Morgan fingerprint density at radius 1 is 1.22 bits per heavy atom. The Hall–Kier alpha value is -2.34. The van der Waals surface area contributed by atoms with E-state index in [9.17, 15) is 18.0 Å². The number of hydrogen-bond acceptors (Lipinski definition) is 3. The first kappa shape index (κ1) is 15.6. The number of hydrogen-bond donors (Lipinski definition) is 1. The molecule has 2 aromatic rings. The highest BCUT2D eigenvalue weighted by atomic mass is 35.5. The topological polar surface area (TPSA) is 55.4 Å². The SMILES string of the molecule is NC1=Nc2c(F)c(F)cc(C(=O)Cc3ccc(F)c(Cl)c3)c2C1. The molecule has 0 spiro atoms. The monoisotopic (exact) mass is 338 g/mol.